The molecule has 0 aliphatic heterocycles. The molecule has 1 aromatic rings. The van der Waals surface area contributed by atoms with Crippen LogP contribution in [0.1, 0.15) is 17.3 Å². The number of rotatable bonds is 6. The predicted octanol–water partition coefficient (Wildman–Crippen LogP) is 1.72. The molecular formula is C12H14F2N2O4S. The average molecular weight is 320 g/mol. The SMILES string of the molecule is CSCC(C)(O)CNC(=O)c1cc(F)cc([N+](=O)[O-])c1F. The Kier molecular flexibility index (Phi) is 5.62. The second-order valence-corrected chi connectivity index (χ2v) is 5.52. The first-order chi connectivity index (χ1) is 9.68. The van der Waals surface area contributed by atoms with Crippen LogP contribution in [-0.2, 0) is 0 Å². The van der Waals surface area contributed by atoms with E-state index < -0.39 is 39.3 Å². The molecule has 1 rings (SSSR count). The van der Waals surface area contributed by atoms with Crippen molar-refractivity contribution in [2.45, 2.75) is 12.5 Å². The number of amides is 1. The van der Waals surface area contributed by atoms with Crippen LogP contribution in [0.25, 0.3) is 0 Å². The minimum atomic E-state index is -1.41. The quantitative estimate of drug-likeness (QED) is 0.615. The number of halogens is 2. The Bertz CT molecular complexity index is 566. The Morgan fingerprint density at radius 1 is 1.52 bits per heavy atom. The van der Waals surface area contributed by atoms with Crippen LogP contribution < -0.4 is 5.32 Å². The molecule has 1 unspecified atom stereocenters. The largest absolute Gasteiger partial charge is 0.387 e. The smallest absolute Gasteiger partial charge is 0.308 e. The fourth-order valence-electron chi connectivity index (χ4n) is 1.60. The van der Waals surface area contributed by atoms with Crippen molar-refractivity contribution >= 4 is 23.4 Å². The molecule has 1 aromatic carbocycles. The summed E-state index contributed by atoms with van der Waals surface area (Å²) in [6.45, 7) is 1.27. The third-order valence-electron chi connectivity index (χ3n) is 2.54. The molecule has 0 radical (unpaired) electrons. The van der Waals surface area contributed by atoms with Crippen molar-refractivity contribution in [2.24, 2.45) is 0 Å². The van der Waals surface area contributed by atoms with Gasteiger partial charge < -0.3 is 10.4 Å². The van der Waals surface area contributed by atoms with E-state index >= 15 is 0 Å². The van der Waals surface area contributed by atoms with Crippen molar-refractivity contribution in [3.8, 4) is 0 Å². The van der Waals surface area contributed by atoms with E-state index in [9.17, 15) is 28.8 Å². The molecule has 2 N–H and O–H groups in total. The van der Waals surface area contributed by atoms with E-state index in [0.717, 1.165) is 0 Å². The van der Waals surface area contributed by atoms with Crippen LogP contribution in [0, 0.1) is 21.7 Å². The van der Waals surface area contributed by atoms with Gasteiger partial charge in [-0.05, 0) is 19.2 Å². The van der Waals surface area contributed by atoms with Gasteiger partial charge in [-0.25, -0.2) is 4.39 Å². The van der Waals surface area contributed by atoms with Crippen LogP contribution in [0.4, 0.5) is 14.5 Å². The highest BCUT2D eigenvalue weighted by Gasteiger charge is 2.26. The van der Waals surface area contributed by atoms with Gasteiger partial charge in [0, 0.05) is 12.3 Å². The van der Waals surface area contributed by atoms with Crippen molar-refractivity contribution in [1.29, 1.82) is 0 Å². The van der Waals surface area contributed by atoms with E-state index in [0.29, 0.717) is 17.9 Å². The zero-order chi connectivity index (χ0) is 16.2. The molecule has 0 aliphatic carbocycles. The summed E-state index contributed by atoms with van der Waals surface area (Å²) >= 11 is 1.34. The summed E-state index contributed by atoms with van der Waals surface area (Å²) in [4.78, 5) is 21.2. The van der Waals surface area contributed by atoms with Crippen LogP contribution >= 0.6 is 11.8 Å². The fourth-order valence-corrected chi connectivity index (χ4v) is 2.32. The number of hydrogen-bond acceptors (Lipinski definition) is 5. The lowest BCUT2D eigenvalue weighted by Gasteiger charge is -2.22. The van der Waals surface area contributed by atoms with Gasteiger partial charge in [0.2, 0.25) is 5.82 Å². The van der Waals surface area contributed by atoms with Gasteiger partial charge in [0.25, 0.3) is 5.91 Å². The maximum Gasteiger partial charge on any atom is 0.308 e. The first-order valence-electron chi connectivity index (χ1n) is 5.81. The highest BCUT2D eigenvalue weighted by molar-refractivity contribution is 7.98. The van der Waals surface area contributed by atoms with Crippen molar-refractivity contribution < 1.29 is 23.6 Å². The Morgan fingerprint density at radius 3 is 2.67 bits per heavy atom. The molecule has 0 bridgehead atoms. The molecule has 21 heavy (non-hydrogen) atoms. The normalized spacial score (nSPS) is 13.6. The number of thioether (sulfide) groups is 1. The third-order valence-corrected chi connectivity index (χ3v) is 3.46. The van der Waals surface area contributed by atoms with E-state index in [4.69, 9.17) is 0 Å². The first-order valence-corrected chi connectivity index (χ1v) is 7.20. The van der Waals surface area contributed by atoms with Crippen molar-refractivity contribution in [2.75, 3.05) is 18.6 Å². The molecule has 0 aromatic heterocycles. The highest BCUT2D eigenvalue weighted by atomic mass is 32.2. The van der Waals surface area contributed by atoms with Crippen molar-refractivity contribution in [1.82, 2.24) is 5.32 Å². The average Bonchev–Trinajstić information content (AvgIpc) is 2.38. The number of carbonyl (C=O) groups excluding carboxylic acids is 1. The summed E-state index contributed by atoms with van der Waals surface area (Å²) in [5, 5.41) is 22.7. The first kappa shape index (κ1) is 17.3. The summed E-state index contributed by atoms with van der Waals surface area (Å²) in [5.41, 5.74) is -3.12. The molecule has 116 valence electrons. The third kappa shape index (κ3) is 4.64. The van der Waals surface area contributed by atoms with Crippen LogP contribution in [0.3, 0.4) is 0 Å². The lowest BCUT2D eigenvalue weighted by Crippen LogP contribution is -2.42. The lowest BCUT2D eigenvalue weighted by molar-refractivity contribution is -0.387. The summed E-state index contributed by atoms with van der Waals surface area (Å²) in [7, 11) is 0. The second-order valence-electron chi connectivity index (χ2n) is 4.66. The van der Waals surface area contributed by atoms with E-state index in [1.54, 1.807) is 6.26 Å². The lowest BCUT2D eigenvalue weighted by atomic mass is 10.1. The van der Waals surface area contributed by atoms with Gasteiger partial charge >= 0.3 is 5.69 Å². The molecule has 9 heteroatoms. The second kappa shape index (κ2) is 6.81. The summed E-state index contributed by atoms with van der Waals surface area (Å²) in [5.74, 6) is -3.22. The zero-order valence-corrected chi connectivity index (χ0v) is 12.2. The van der Waals surface area contributed by atoms with Crippen LogP contribution in [0.2, 0.25) is 0 Å². The van der Waals surface area contributed by atoms with Crippen LogP contribution in [-0.4, -0.2) is 40.1 Å². The Labute approximate surface area is 123 Å². The number of nitrogens with one attached hydrogen (secondary N) is 1. The molecule has 0 aliphatic rings. The Morgan fingerprint density at radius 2 is 2.14 bits per heavy atom. The number of nitro groups is 1. The number of benzene rings is 1. The van der Waals surface area contributed by atoms with Gasteiger partial charge in [-0.2, -0.15) is 16.2 Å². The van der Waals surface area contributed by atoms with Crippen molar-refractivity contribution in [3.05, 3.63) is 39.4 Å². The zero-order valence-electron chi connectivity index (χ0n) is 11.4. The minimum absolute atomic E-state index is 0.198. The molecule has 0 saturated heterocycles. The standard InChI is InChI=1S/C12H14F2N2O4S/c1-12(18,6-21-2)5-15-11(17)8-3-7(13)4-9(10(8)14)16(19)20/h3-4,18H,5-6H2,1-2H3,(H,15,17). The van der Waals surface area contributed by atoms with E-state index in [1.807, 2.05) is 0 Å². The molecule has 1 atom stereocenters. The maximum atomic E-state index is 13.8. The molecular weight excluding hydrogens is 306 g/mol. The summed E-state index contributed by atoms with van der Waals surface area (Å²) < 4.78 is 27.0. The van der Waals surface area contributed by atoms with Gasteiger partial charge in [-0.1, -0.05) is 0 Å². The van der Waals surface area contributed by atoms with Gasteiger partial charge in [0.15, 0.2) is 0 Å². The predicted molar refractivity (Wildman–Crippen MR) is 74.4 cm³/mol. The summed E-state index contributed by atoms with van der Waals surface area (Å²) in [6.07, 6.45) is 1.76. The van der Waals surface area contributed by atoms with E-state index in [2.05, 4.69) is 5.32 Å². The van der Waals surface area contributed by atoms with Gasteiger partial charge in [0.1, 0.15) is 5.82 Å². The number of carbonyl (C=O) groups is 1. The minimum Gasteiger partial charge on any atom is -0.387 e. The van der Waals surface area contributed by atoms with Gasteiger partial charge in [-0.15, -0.1) is 0 Å². The number of nitro benzene ring substituents is 1. The molecule has 0 heterocycles. The number of hydrogen-bond donors (Lipinski definition) is 2. The van der Waals surface area contributed by atoms with Gasteiger partial charge in [0.05, 0.1) is 22.2 Å². The number of nitrogens with zero attached hydrogens (tertiary/aromatic N) is 1. The van der Waals surface area contributed by atoms with E-state index in [1.165, 1.54) is 18.7 Å². The molecule has 6 nitrogen and oxygen atoms in total. The highest BCUT2D eigenvalue weighted by Crippen LogP contribution is 2.22. The molecule has 0 spiro atoms. The maximum absolute atomic E-state index is 13.8. The Hall–Kier alpha value is -1.74. The van der Waals surface area contributed by atoms with E-state index in [-0.39, 0.29) is 6.54 Å². The van der Waals surface area contributed by atoms with Crippen LogP contribution in [0.5, 0.6) is 0 Å². The molecule has 1 amide bonds. The van der Waals surface area contributed by atoms with Gasteiger partial charge in [-0.3, -0.25) is 14.9 Å². The van der Waals surface area contributed by atoms with Crippen molar-refractivity contribution in [3.63, 3.8) is 0 Å². The summed E-state index contributed by atoms with van der Waals surface area (Å²) in [6, 6.07) is 0.969. The molecule has 0 fully saturated rings. The number of aliphatic hydroxyl groups is 1. The van der Waals surface area contributed by atoms with Crippen LogP contribution in [0.15, 0.2) is 12.1 Å². The fraction of sp³-hybridized carbons (Fsp3) is 0.417. The Balaban J connectivity index is 2.96. The monoisotopic (exact) mass is 320 g/mol. The molecule has 0 saturated carbocycles. The topological polar surface area (TPSA) is 92.5 Å².